The zero-order valence-electron chi connectivity index (χ0n) is 16.7. The van der Waals surface area contributed by atoms with Gasteiger partial charge in [0.2, 0.25) is 5.91 Å². The maximum absolute atomic E-state index is 13.2. The third-order valence-corrected chi connectivity index (χ3v) is 5.40. The first-order chi connectivity index (χ1) is 15.0. The molecule has 1 heterocycles. The van der Waals surface area contributed by atoms with Gasteiger partial charge in [-0.05, 0) is 29.7 Å². The van der Waals surface area contributed by atoms with Crippen molar-refractivity contribution in [3.05, 3.63) is 106 Å². The van der Waals surface area contributed by atoms with Crippen LogP contribution in [0.3, 0.4) is 0 Å². The smallest absolute Gasteiger partial charge is 0.271 e. The van der Waals surface area contributed by atoms with E-state index in [1.807, 2.05) is 36.4 Å². The number of nitrogens with zero attached hydrogens (tertiary/aromatic N) is 2. The summed E-state index contributed by atoms with van der Waals surface area (Å²) in [6, 6.07) is 22.2. The van der Waals surface area contributed by atoms with E-state index in [-0.39, 0.29) is 23.9 Å². The molecule has 1 N–H and O–H groups in total. The van der Waals surface area contributed by atoms with Crippen molar-refractivity contribution in [2.75, 3.05) is 11.4 Å². The Morgan fingerprint density at radius 3 is 2.35 bits per heavy atom. The van der Waals surface area contributed by atoms with E-state index in [0.717, 1.165) is 11.1 Å². The quantitative estimate of drug-likeness (QED) is 0.486. The molecule has 7 heteroatoms. The van der Waals surface area contributed by atoms with Gasteiger partial charge in [-0.3, -0.25) is 19.7 Å². The van der Waals surface area contributed by atoms with Gasteiger partial charge in [0.05, 0.1) is 23.1 Å². The number of nitro groups is 1. The molecular weight excluding hydrogens is 394 g/mol. The number of carbonyl (C=O) groups is 2. The Morgan fingerprint density at radius 2 is 1.68 bits per heavy atom. The highest BCUT2D eigenvalue weighted by molar-refractivity contribution is 5.98. The van der Waals surface area contributed by atoms with E-state index >= 15 is 0 Å². The largest absolute Gasteiger partial charge is 0.345 e. The van der Waals surface area contributed by atoms with Crippen molar-refractivity contribution in [3.8, 4) is 0 Å². The van der Waals surface area contributed by atoms with Gasteiger partial charge in [-0.25, -0.2) is 0 Å². The van der Waals surface area contributed by atoms with Crippen LogP contribution in [-0.2, 0) is 11.2 Å². The monoisotopic (exact) mass is 415 g/mol. The van der Waals surface area contributed by atoms with Gasteiger partial charge >= 0.3 is 0 Å². The van der Waals surface area contributed by atoms with Gasteiger partial charge in [0.15, 0.2) is 0 Å². The van der Waals surface area contributed by atoms with Crippen molar-refractivity contribution in [1.29, 1.82) is 0 Å². The summed E-state index contributed by atoms with van der Waals surface area (Å²) in [7, 11) is 0. The minimum absolute atomic E-state index is 0.0459. The molecule has 1 aliphatic heterocycles. The van der Waals surface area contributed by atoms with Gasteiger partial charge in [0.25, 0.3) is 11.6 Å². The predicted molar refractivity (Wildman–Crippen MR) is 117 cm³/mol. The molecule has 31 heavy (non-hydrogen) atoms. The first-order valence-electron chi connectivity index (χ1n) is 10.0. The Bertz CT molecular complexity index is 1120. The number of benzene rings is 3. The number of hydrogen-bond donors (Lipinski definition) is 1. The van der Waals surface area contributed by atoms with Gasteiger partial charge in [-0.15, -0.1) is 0 Å². The molecule has 2 amide bonds. The molecule has 0 aliphatic carbocycles. The fourth-order valence-electron chi connectivity index (χ4n) is 3.79. The van der Waals surface area contributed by atoms with E-state index < -0.39 is 11.0 Å². The molecule has 7 nitrogen and oxygen atoms in total. The molecule has 0 fully saturated rings. The second-order valence-corrected chi connectivity index (χ2v) is 7.37. The van der Waals surface area contributed by atoms with Crippen LogP contribution in [0.25, 0.3) is 0 Å². The van der Waals surface area contributed by atoms with Crippen molar-refractivity contribution in [1.82, 2.24) is 5.32 Å². The van der Waals surface area contributed by atoms with Crippen LogP contribution in [0.4, 0.5) is 11.4 Å². The summed E-state index contributed by atoms with van der Waals surface area (Å²) in [5.74, 6) is -0.457. The average Bonchev–Trinajstić information content (AvgIpc) is 3.23. The van der Waals surface area contributed by atoms with Crippen molar-refractivity contribution in [2.45, 2.75) is 18.9 Å². The average molecular weight is 415 g/mol. The highest BCUT2D eigenvalue weighted by Gasteiger charge is 2.29. The van der Waals surface area contributed by atoms with Crippen LogP contribution in [0, 0.1) is 10.1 Å². The van der Waals surface area contributed by atoms with E-state index in [0.29, 0.717) is 24.2 Å². The Hall–Kier alpha value is -4.00. The first-order valence-corrected chi connectivity index (χ1v) is 10.0. The van der Waals surface area contributed by atoms with Gasteiger partial charge in [-0.1, -0.05) is 54.6 Å². The Balaban J connectivity index is 1.57. The summed E-state index contributed by atoms with van der Waals surface area (Å²) in [5, 5.41) is 14.1. The van der Waals surface area contributed by atoms with Gasteiger partial charge in [-0.2, -0.15) is 0 Å². The van der Waals surface area contributed by atoms with Crippen molar-refractivity contribution >= 4 is 23.2 Å². The normalized spacial score (nSPS) is 13.4. The van der Waals surface area contributed by atoms with Crippen LogP contribution in [0.2, 0.25) is 0 Å². The lowest BCUT2D eigenvalue weighted by atomic mass is 10.0. The third kappa shape index (κ3) is 4.45. The standard InChI is InChI=1S/C24H21N3O4/c28-23(26-14-13-18-11-12-20(27(30)31)15-22(18)26)16-21(17-7-3-1-4-8-17)25-24(29)19-9-5-2-6-10-19/h1-12,15,21H,13-14,16H2,(H,25,29). The second-order valence-electron chi connectivity index (χ2n) is 7.37. The lowest BCUT2D eigenvalue weighted by molar-refractivity contribution is -0.384. The number of hydrogen-bond acceptors (Lipinski definition) is 4. The lowest BCUT2D eigenvalue weighted by Gasteiger charge is -2.23. The molecule has 3 aromatic carbocycles. The van der Waals surface area contributed by atoms with E-state index in [9.17, 15) is 19.7 Å². The van der Waals surface area contributed by atoms with Crippen molar-refractivity contribution in [3.63, 3.8) is 0 Å². The topological polar surface area (TPSA) is 92.6 Å². The summed E-state index contributed by atoms with van der Waals surface area (Å²) in [6.45, 7) is 0.462. The highest BCUT2D eigenvalue weighted by Crippen LogP contribution is 2.33. The van der Waals surface area contributed by atoms with Crippen LogP contribution in [0.15, 0.2) is 78.9 Å². The molecule has 3 aromatic rings. The molecule has 0 saturated heterocycles. The molecule has 4 rings (SSSR count). The van der Waals surface area contributed by atoms with Crippen molar-refractivity contribution in [2.24, 2.45) is 0 Å². The molecule has 1 aliphatic rings. The van der Waals surface area contributed by atoms with E-state index in [1.54, 1.807) is 35.2 Å². The van der Waals surface area contributed by atoms with E-state index in [2.05, 4.69) is 5.32 Å². The molecule has 156 valence electrons. The van der Waals surface area contributed by atoms with Crippen LogP contribution in [0.1, 0.15) is 33.9 Å². The molecule has 1 atom stereocenters. The molecular formula is C24H21N3O4. The molecule has 1 unspecified atom stereocenters. The molecule has 0 spiro atoms. The van der Waals surface area contributed by atoms with Crippen LogP contribution >= 0.6 is 0 Å². The minimum atomic E-state index is -0.524. The van der Waals surface area contributed by atoms with Gasteiger partial charge in [0, 0.05) is 24.2 Å². The van der Waals surface area contributed by atoms with E-state index in [4.69, 9.17) is 0 Å². The third-order valence-electron chi connectivity index (χ3n) is 5.40. The number of nitrogens with one attached hydrogen (secondary N) is 1. The van der Waals surface area contributed by atoms with Crippen LogP contribution in [-0.4, -0.2) is 23.3 Å². The van der Waals surface area contributed by atoms with E-state index in [1.165, 1.54) is 12.1 Å². The Morgan fingerprint density at radius 1 is 1.00 bits per heavy atom. The first kappa shape index (κ1) is 20.3. The number of rotatable bonds is 6. The molecule has 0 radical (unpaired) electrons. The second kappa shape index (κ2) is 8.79. The predicted octanol–water partition coefficient (Wildman–Crippen LogP) is 4.05. The van der Waals surface area contributed by atoms with Crippen molar-refractivity contribution < 1.29 is 14.5 Å². The SMILES string of the molecule is O=C(NC(CC(=O)N1CCc2ccc([N+](=O)[O-])cc21)c1ccccc1)c1ccccc1. The number of nitro benzene ring substituents is 1. The summed E-state index contributed by atoms with van der Waals surface area (Å²) in [4.78, 5) is 38.2. The maximum Gasteiger partial charge on any atom is 0.271 e. The van der Waals surface area contributed by atoms with Gasteiger partial charge < -0.3 is 10.2 Å². The maximum atomic E-state index is 13.2. The lowest BCUT2D eigenvalue weighted by Crippen LogP contribution is -2.35. The summed E-state index contributed by atoms with van der Waals surface area (Å²) in [6.07, 6.45) is 0.691. The zero-order chi connectivity index (χ0) is 21.8. The number of fused-ring (bicyclic) bond motifs is 1. The number of non-ortho nitro benzene ring substituents is 1. The molecule has 0 bridgehead atoms. The Kier molecular flexibility index (Phi) is 5.75. The number of carbonyl (C=O) groups excluding carboxylic acids is 2. The summed E-state index contributed by atoms with van der Waals surface area (Å²) >= 11 is 0. The van der Waals surface area contributed by atoms with Gasteiger partial charge in [0.1, 0.15) is 0 Å². The van der Waals surface area contributed by atoms with Crippen LogP contribution < -0.4 is 10.2 Å². The Labute approximate surface area is 179 Å². The highest BCUT2D eigenvalue weighted by atomic mass is 16.6. The number of amides is 2. The summed E-state index contributed by atoms with van der Waals surface area (Å²) < 4.78 is 0. The fraction of sp³-hybridized carbons (Fsp3) is 0.167. The zero-order valence-corrected chi connectivity index (χ0v) is 16.7. The molecule has 0 aromatic heterocycles. The minimum Gasteiger partial charge on any atom is -0.345 e. The molecule has 0 saturated carbocycles. The fourth-order valence-corrected chi connectivity index (χ4v) is 3.79. The van der Waals surface area contributed by atoms with Crippen LogP contribution in [0.5, 0.6) is 0 Å². The summed E-state index contributed by atoms with van der Waals surface area (Å²) in [5.41, 5.74) is 2.76. The number of anilines is 1.